The number of benzene rings is 1. The molecule has 0 bridgehead atoms. The average molecular weight is 221 g/mol. The number of nitrogens with one attached hydrogen (secondary N) is 1. The maximum absolute atomic E-state index is 5.35. The van der Waals surface area contributed by atoms with E-state index in [1.54, 1.807) is 7.11 Å². The van der Waals surface area contributed by atoms with Crippen molar-refractivity contribution in [3.05, 3.63) is 28.8 Å². The van der Waals surface area contributed by atoms with Gasteiger partial charge in [-0.2, -0.15) is 0 Å². The third kappa shape index (κ3) is 3.53. The summed E-state index contributed by atoms with van der Waals surface area (Å²) in [6.07, 6.45) is 0. The van der Waals surface area contributed by atoms with Gasteiger partial charge in [-0.1, -0.05) is 26.0 Å². The molecule has 1 aromatic carbocycles. The van der Waals surface area contributed by atoms with E-state index in [1.807, 2.05) is 0 Å². The molecule has 0 spiro atoms. The van der Waals surface area contributed by atoms with Crippen molar-refractivity contribution in [1.29, 1.82) is 0 Å². The largest absolute Gasteiger partial charge is 0.496 e. The van der Waals surface area contributed by atoms with Crippen LogP contribution < -0.4 is 10.1 Å². The highest BCUT2D eigenvalue weighted by molar-refractivity contribution is 5.43. The topological polar surface area (TPSA) is 21.3 Å². The second-order valence-electron chi connectivity index (χ2n) is 4.79. The Kier molecular flexibility index (Phi) is 4.81. The van der Waals surface area contributed by atoms with Gasteiger partial charge < -0.3 is 10.1 Å². The molecule has 0 saturated heterocycles. The van der Waals surface area contributed by atoms with E-state index in [9.17, 15) is 0 Å². The Hall–Kier alpha value is -1.02. The van der Waals surface area contributed by atoms with Crippen molar-refractivity contribution < 1.29 is 4.74 Å². The summed E-state index contributed by atoms with van der Waals surface area (Å²) in [6, 6.07) is 4.39. The fourth-order valence-electron chi connectivity index (χ4n) is 1.97. The average Bonchev–Trinajstić information content (AvgIpc) is 2.16. The summed E-state index contributed by atoms with van der Waals surface area (Å²) in [5, 5.41) is 3.45. The van der Waals surface area contributed by atoms with Gasteiger partial charge in [0.1, 0.15) is 5.75 Å². The van der Waals surface area contributed by atoms with Crippen LogP contribution in [0.15, 0.2) is 12.1 Å². The van der Waals surface area contributed by atoms with Gasteiger partial charge in [-0.3, -0.25) is 0 Å². The van der Waals surface area contributed by atoms with Gasteiger partial charge in [0.15, 0.2) is 0 Å². The van der Waals surface area contributed by atoms with E-state index < -0.39 is 0 Å². The van der Waals surface area contributed by atoms with Crippen LogP contribution in [0.25, 0.3) is 0 Å². The van der Waals surface area contributed by atoms with E-state index in [1.165, 1.54) is 16.7 Å². The Balaban J connectivity index is 2.68. The van der Waals surface area contributed by atoms with Crippen LogP contribution >= 0.6 is 0 Å². The number of ether oxygens (including phenoxy) is 1. The van der Waals surface area contributed by atoms with Crippen LogP contribution in [0, 0.1) is 19.8 Å². The van der Waals surface area contributed by atoms with Gasteiger partial charge in [0, 0.05) is 6.54 Å². The summed E-state index contributed by atoms with van der Waals surface area (Å²) >= 11 is 0. The first-order valence-corrected chi connectivity index (χ1v) is 5.89. The second-order valence-corrected chi connectivity index (χ2v) is 4.79. The van der Waals surface area contributed by atoms with Crippen LogP contribution in [0.2, 0.25) is 0 Å². The lowest BCUT2D eigenvalue weighted by Gasteiger charge is -2.12. The number of hydrogen-bond acceptors (Lipinski definition) is 2. The van der Waals surface area contributed by atoms with Gasteiger partial charge in [0.25, 0.3) is 0 Å². The summed E-state index contributed by atoms with van der Waals surface area (Å²) in [6.45, 7) is 10.6. The normalized spacial score (nSPS) is 10.9. The molecule has 1 aromatic rings. The smallest absolute Gasteiger partial charge is 0.124 e. The van der Waals surface area contributed by atoms with Gasteiger partial charge in [-0.15, -0.1) is 0 Å². The van der Waals surface area contributed by atoms with Gasteiger partial charge in [-0.25, -0.2) is 0 Å². The Morgan fingerprint density at radius 1 is 1.19 bits per heavy atom. The lowest BCUT2D eigenvalue weighted by atomic mass is 10.1. The van der Waals surface area contributed by atoms with Gasteiger partial charge >= 0.3 is 0 Å². The molecule has 2 heteroatoms. The van der Waals surface area contributed by atoms with E-state index >= 15 is 0 Å². The van der Waals surface area contributed by atoms with E-state index in [-0.39, 0.29) is 0 Å². The van der Waals surface area contributed by atoms with Crippen LogP contribution in [0.5, 0.6) is 5.75 Å². The van der Waals surface area contributed by atoms with E-state index in [0.717, 1.165) is 18.8 Å². The highest BCUT2D eigenvalue weighted by Gasteiger charge is 2.05. The summed E-state index contributed by atoms with van der Waals surface area (Å²) in [5.41, 5.74) is 3.75. The van der Waals surface area contributed by atoms with Crippen LogP contribution in [0.4, 0.5) is 0 Å². The molecule has 0 aliphatic rings. The maximum Gasteiger partial charge on any atom is 0.124 e. The van der Waals surface area contributed by atoms with Crippen LogP contribution in [-0.2, 0) is 6.54 Å². The molecular weight excluding hydrogens is 198 g/mol. The molecule has 0 fully saturated rings. The molecule has 90 valence electrons. The second kappa shape index (κ2) is 5.90. The molecule has 0 heterocycles. The summed E-state index contributed by atoms with van der Waals surface area (Å²) in [7, 11) is 1.73. The standard InChI is InChI=1S/C14H23NO/c1-10(2)8-15-9-13-6-11(3)14(16-5)12(4)7-13/h6-7,10,15H,8-9H2,1-5H3. The molecule has 0 amide bonds. The first-order chi connectivity index (χ1) is 7.54. The molecule has 0 unspecified atom stereocenters. The summed E-state index contributed by atoms with van der Waals surface area (Å²) < 4.78 is 5.35. The fourth-order valence-corrected chi connectivity index (χ4v) is 1.97. The molecule has 1 N–H and O–H groups in total. The SMILES string of the molecule is COc1c(C)cc(CNCC(C)C)cc1C. The van der Waals surface area contributed by atoms with E-state index in [0.29, 0.717) is 5.92 Å². The summed E-state index contributed by atoms with van der Waals surface area (Å²) in [5.74, 6) is 1.70. The molecule has 0 atom stereocenters. The first kappa shape index (κ1) is 13.0. The molecule has 0 aliphatic heterocycles. The number of methoxy groups -OCH3 is 1. The first-order valence-electron chi connectivity index (χ1n) is 5.89. The number of aryl methyl sites for hydroxylation is 2. The van der Waals surface area contributed by atoms with Crippen molar-refractivity contribution in [1.82, 2.24) is 5.32 Å². The van der Waals surface area contributed by atoms with Crippen molar-refractivity contribution in [3.63, 3.8) is 0 Å². The van der Waals surface area contributed by atoms with Crippen molar-refractivity contribution in [2.45, 2.75) is 34.2 Å². The number of hydrogen-bond donors (Lipinski definition) is 1. The zero-order chi connectivity index (χ0) is 12.1. The zero-order valence-corrected chi connectivity index (χ0v) is 11.1. The van der Waals surface area contributed by atoms with Crippen molar-refractivity contribution in [3.8, 4) is 5.75 Å². The third-order valence-electron chi connectivity index (χ3n) is 2.61. The summed E-state index contributed by atoms with van der Waals surface area (Å²) in [4.78, 5) is 0. The lowest BCUT2D eigenvalue weighted by Crippen LogP contribution is -2.19. The van der Waals surface area contributed by atoms with Gasteiger partial charge in [0.05, 0.1) is 7.11 Å². The number of rotatable bonds is 5. The highest BCUT2D eigenvalue weighted by atomic mass is 16.5. The molecule has 0 aromatic heterocycles. The van der Waals surface area contributed by atoms with Gasteiger partial charge in [0.2, 0.25) is 0 Å². The van der Waals surface area contributed by atoms with Gasteiger partial charge in [-0.05, 0) is 43.0 Å². The van der Waals surface area contributed by atoms with Crippen LogP contribution in [-0.4, -0.2) is 13.7 Å². The van der Waals surface area contributed by atoms with Crippen LogP contribution in [0.3, 0.4) is 0 Å². The Morgan fingerprint density at radius 3 is 2.19 bits per heavy atom. The monoisotopic (exact) mass is 221 g/mol. The van der Waals surface area contributed by atoms with Crippen LogP contribution in [0.1, 0.15) is 30.5 Å². The quantitative estimate of drug-likeness (QED) is 0.825. The van der Waals surface area contributed by atoms with E-state index in [4.69, 9.17) is 4.74 Å². The lowest BCUT2D eigenvalue weighted by molar-refractivity contribution is 0.408. The third-order valence-corrected chi connectivity index (χ3v) is 2.61. The van der Waals surface area contributed by atoms with Crippen molar-refractivity contribution in [2.75, 3.05) is 13.7 Å². The predicted octanol–water partition coefficient (Wildman–Crippen LogP) is 3.06. The fraction of sp³-hybridized carbons (Fsp3) is 0.571. The molecular formula is C14H23NO. The van der Waals surface area contributed by atoms with Crippen molar-refractivity contribution >= 4 is 0 Å². The Bertz CT molecular complexity index is 322. The minimum Gasteiger partial charge on any atom is -0.496 e. The minimum absolute atomic E-state index is 0.695. The molecule has 0 saturated carbocycles. The highest BCUT2D eigenvalue weighted by Crippen LogP contribution is 2.24. The van der Waals surface area contributed by atoms with E-state index in [2.05, 4.69) is 45.1 Å². The molecule has 2 nitrogen and oxygen atoms in total. The Labute approximate surface area is 99.0 Å². The van der Waals surface area contributed by atoms with Crippen molar-refractivity contribution in [2.24, 2.45) is 5.92 Å². The molecule has 1 rings (SSSR count). The molecule has 0 radical (unpaired) electrons. The molecule has 0 aliphatic carbocycles. The molecule has 16 heavy (non-hydrogen) atoms. The predicted molar refractivity (Wildman–Crippen MR) is 69.0 cm³/mol. The zero-order valence-electron chi connectivity index (χ0n) is 11.1. The minimum atomic E-state index is 0.695. The Morgan fingerprint density at radius 2 is 1.75 bits per heavy atom. The maximum atomic E-state index is 5.35.